The van der Waals surface area contributed by atoms with Crippen LogP contribution in [0.1, 0.15) is 27.4 Å². The van der Waals surface area contributed by atoms with Gasteiger partial charge in [0.2, 0.25) is 0 Å². The minimum atomic E-state index is -0.836. The molecule has 8 aromatic rings. The molecule has 0 radical (unpaired) electrons. The van der Waals surface area contributed by atoms with E-state index in [-0.39, 0.29) is 32.7 Å². The molecule has 0 aliphatic rings. The first-order valence-electron chi connectivity index (χ1n) is 21.3. The van der Waals surface area contributed by atoms with E-state index in [1.165, 1.54) is 0 Å². The first-order chi connectivity index (χ1) is 27.7. The standard InChI is InChI=1S/C35H21N3O/c1-3-10-26-22(7-1)9-5-12-27(26)24-15-17-25(18-16-24)34-36-21-37-35(38-34)30-13-6-14-31-32(30)29-20-19-23-8-2-4-11-28(23)33(29)39-31/h1-21H/i1D,2D,3D,4D,5D,6D,7D,8D,9D,10D,11D,12D,13D,14D,15D,16D,17D,18D,19D,20D. The second-order valence-electron chi connectivity index (χ2n) is 8.14. The Hall–Kier alpha value is -5.35. The highest BCUT2D eigenvalue weighted by atomic mass is 16.3. The molecule has 0 atom stereocenters. The Morgan fingerprint density at radius 3 is 2.05 bits per heavy atom. The van der Waals surface area contributed by atoms with Crippen molar-refractivity contribution < 1.29 is 31.8 Å². The molecule has 4 heteroatoms. The second kappa shape index (κ2) is 8.61. The minimum absolute atomic E-state index is 0.241. The summed E-state index contributed by atoms with van der Waals surface area (Å²) in [5, 5.41) is -2.07. The number of rotatable bonds is 3. The second-order valence-corrected chi connectivity index (χ2v) is 8.14. The molecule has 2 heterocycles. The van der Waals surface area contributed by atoms with Crippen LogP contribution in [0.2, 0.25) is 0 Å². The van der Waals surface area contributed by atoms with Gasteiger partial charge < -0.3 is 4.42 Å². The summed E-state index contributed by atoms with van der Waals surface area (Å²) in [7, 11) is 0. The van der Waals surface area contributed by atoms with Crippen LogP contribution in [0.4, 0.5) is 0 Å². The van der Waals surface area contributed by atoms with Gasteiger partial charge in [-0.25, -0.2) is 15.0 Å². The van der Waals surface area contributed by atoms with Crippen LogP contribution in [0, 0.1) is 0 Å². The average Bonchev–Trinajstić information content (AvgIpc) is 3.60. The molecule has 2 aromatic heterocycles. The van der Waals surface area contributed by atoms with Crippen molar-refractivity contribution >= 4 is 43.5 Å². The fourth-order valence-corrected chi connectivity index (χ4v) is 4.22. The predicted molar refractivity (Wildman–Crippen MR) is 158 cm³/mol. The summed E-state index contributed by atoms with van der Waals surface area (Å²) < 4.78 is 178. The van der Waals surface area contributed by atoms with Crippen molar-refractivity contribution in [1.82, 2.24) is 15.0 Å². The minimum Gasteiger partial charge on any atom is -0.455 e. The molecular weight excluding hydrogens is 478 g/mol. The molecule has 8 rings (SSSR count). The zero-order valence-electron chi connectivity index (χ0n) is 39.3. The van der Waals surface area contributed by atoms with Gasteiger partial charge in [-0.2, -0.15) is 0 Å². The lowest BCUT2D eigenvalue weighted by atomic mass is 9.97. The van der Waals surface area contributed by atoms with Gasteiger partial charge in [-0.05, 0) is 39.4 Å². The highest BCUT2D eigenvalue weighted by Crippen LogP contribution is 2.38. The van der Waals surface area contributed by atoms with Crippen LogP contribution in [-0.4, -0.2) is 15.0 Å². The third kappa shape index (κ3) is 3.50. The monoisotopic (exact) mass is 519 g/mol. The van der Waals surface area contributed by atoms with Crippen LogP contribution >= 0.6 is 0 Å². The molecule has 0 saturated carbocycles. The van der Waals surface area contributed by atoms with Crippen molar-refractivity contribution in [2.24, 2.45) is 0 Å². The van der Waals surface area contributed by atoms with Gasteiger partial charge in [-0.3, -0.25) is 0 Å². The summed E-state index contributed by atoms with van der Waals surface area (Å²) >= 11 is 0. The van der Waals surface area contributed by atoms with E-state index < -0.39 is 166 Å². The lowest BCUT2D eigenvalue weighted by Gasteiger charge is -2.08. The number of nitrogens with zero attached hydrogens (tertiary/aromatic N) is 3. The number of benzene rings is 6. The van der Waals surface area contributed by atoms with Gasteiger partial charge in [0.15, 0.2) is 11.6 Å². The van der Waals surface area contributed by atoms with Crippen LogP contribution in [0.15, 0.2) is 132 Å². The predicted octanol–water partition coefficient (Wildman–Crippen LogP) is 9.08. The highest BCUT2D eigenvalue weighted by molar-refractivity contribution is 6.18. The summed E-state index contributed by atoms with van der Waals surface area (Å²) in [5.74, 6) is -0.976. The van der Waals surface area contributed by atoms with Gasteiger partial charge >= 0.3 is 0 Å². The van der Waals surface area contributed by atoms with Crippen molar-refractivity contribution in [3.05, 3.63) is 127 Å². The van der Waals surface area contributed by atoms with Crippen LogP contribution in [-0.2, 0) is 0 Å². The van der Waals surface area contributed by atoms with Crippen LogP contribution in [0.25, 0.3) is 77.4 Å². The molecule has 4 nitrogen and oxygen atoms in total. The van der Waals surface area contributed by atoms with E-state index in [0.29, 0.717) is 0 Å². The van der Waals surface area contributed by atoms with E-state index in [0.717, 1.165) is 6.33 Å². The fourth-order valence-electron chi connectivity index (χ4n) is 4.22. The van der Waals surface area contributed by atoms with Gasteiger partial charge in [0.25, 0.3) is 0 Å². The molecule has 0 bridgehead atoms. The summed E-state index contributed by atoms with van der Waals surface area (Å²) in [6.45, 7) is 0. The Bertz CT molecular complexity index is 3260. The van der Waals surface area contributed by atoms with E-state index in [1.807, 2.05) is 0 Å². The molecule has 6 aromatic carbocycles. The SMILES string of the molecule is [2H]c1c([2H])c(-c2c([2H])c([2H])c([2H])c3c([2H])c([2H])c([2H])c([2H])c23)c([2H])c([2H])c1-c1ncnc(-c2c([2H])c([2H])c([2H])c3oc4c5c([2H])c([2H])c([2H])c([2H])c5c([2H])c([2H])c4c23)n1. The zero-order chi connectivity index (χ0) is 43.2. The van der Waals surface area contributed by atoms with Gasteiger partial charge in [-0.1, -0.05) is 109 Å². The lowest BCUT2D eigenvalue weighted by Crippen LogP contribution is -1.95. The molecule has 0 spiro atoms. The fraction of sp³-hybridized carbons (Fsp3) is 0. The smallest absolute Gasteiger partial charge is 0.164 e. The van der Waals surface area contributed by atoms with Gasteiger partial charge in [0.05, 0.1) is 27.4 Å². The van der Waals surface area contributed by atoms with E-state index in [1.54, 1.807) is 0 Å². The summed E-state index contributed by atoms with van der Waals surface area (Å²) in [6.07, 6.45) is 0.887. The van der Waals surface area contributed by atoms with E-state index in [9.17, 15) is 0 Å². The Morgan fingerprint density at radius 1 is 0.513 bits per heavy atom. The molecule has 182 valence electrons. The quantitative estimate of drug-likeness (QED) is 0.234. The number of fused-ring (bicyclic) bond motifs is 6. The Labute approximate surface area is 252 Å². The first-order valence-corrected chi connectivity index (χ1v) is 11.3. The maximum atomic E-state index is 9.00. The molecule has 0 amide bonds. The molecule has 0 aliphatic carbocycles. The van der Waals surface area contributed by atoms with Crippen molar-refractivity contribution in [3.8, 4) is 33.9 Å². The number of furan rings is 1. The molecule has 0 fully saturated rings. The maximum absolute atomic E-state index is 9.00. The van der Waals surface area contributed by atoms with E-state index >= 15 is 0 Å². The van der Waals surface area contributed by atoms with E-state index in [4.69, 9.17) is 31.8 Å². The first kappa shape index (κ1) is 9.75. The summed E-state index contributed by atoms with van der Waals surface area (Å²) in [6, 6.07) is -14.4. The van der Waals surface area contributed by atoms with Gasteiger partial charge in [0, 0.05) is 27.3 Å². The van der Waals surface area contributed by atoms with Crippen molar-refractivity contribution in [1.29, 1.82) is 0 Å². The molecule has 39 heavy (non-hydrogen) atoms. The maximum Gasteiger partial charge on any atom is 0.164 e. The number of aromatic nitrogens is 3. The molecule has 0 aliphatic heterocycles. The largest absolute Gasteiger partial charge is 0.455 e. The lowest BCUT2D eigenvalue weighted by molar-refractivity contribution is 0.672. The third-order valence-electron chi connectivity index (χ3n) is 5.96. The Kier molecular flexibility index (Phi) is 2.15. The van der Waals surface area contributed by atoms with Crippen LogP contribution in [0.3, 0.4) is 0 Å². The van der Waals surface area contributed by atoms with Crippen LogP contribution in [0.5, 0.6) is 0 Å². The van der Waals surface area contributed by atoms with Crippen molar-refractivity contribution in [2.45, 2.75) is 0 Å². The Balaban J connectivity index is 1.43. The van der Waals surface area contributed by atoms with Crippen molar-refractivity contribution in [2.75, 3.05) is 0 Å². The number of hydrogen-bond acceptors (Lipinski definition) is 4. The molecular formula is C35H21N3O. The highest BCUT2D eigenvalue weighted by Gasteiger charge is 2.17. The molecule has 0 N–H and O–H groups in total. The van der Waals surface area contributed by atoms with Crippen LogP contribution < -0.4 is 0 Å². The topological polar surface area (TPSA) is 51.8 Å². The number of hydrogen-bond donors (Lipinski definition) is 0. The molecule has 0 unspecified atom stereocenters. The normalized spacial score (nSPS) is 18.8. The van der Waals surface area contributed by atoms with Gasteiger partial charge in [0.1, 0.15) is 17.5 Å². The van der Waals surface area contributed by atoms with E-state index in [2.05, 4.69) is 15.0 Å². The summed E-state index contributed by atoms with van der Waals surface area (Å²) in [5.41, 5.74) is -2.82. The third-order valence-corrected chi connectivity index (χ3v) is 5.96. The van der Waals surface area contributed by atoms with Gasteiger partial charge in [-0.15, -0.1) is 0 Å². The van der Waals surface area contributed by atoms with Crippen molar-refractivity contribution in [3.63, 3.8) is 0 Å². The summed E-state index contributed by atoms with van der Waals surface area (Å²) in [4.78, 5) is 12.5. The Morgan fingerprint density at radius 2 is 1.18 bits per heavy atom. The average molecular weight is 520 g/mol. The zero-order valence-corrected chi connectivity index (χ0v) is 19.3. The molecule has 0 saturated heterocycles.